The van der Waals surface area contributed by atoms with Crippen molar-refractivity contribution in [1.82, 2.24) is 0 Å². The van der Waals surface area contributed by atoms with Crippen LogP contribution in [0.5, 0.6) is 0 Å². The number of hydrogen-bond donors (Lipinski definition) is 1. The van der Waals surface area contributed by atoms with Crippen LogP contribution in [0, 0.1) is 0 Å². The number of carbonyl (C=O) groups excluding carboxylic acids is 1. The lowest BCUT2D eigenvalue weighted by Gasteiger charge is -2.16. The predicted molar refractivity (Wildman–Crippen MR) is 105 cm³/mol. The zero-order chi connectivity index (χ0) is 19.9. The summed E-state index contributed by atoms with van der Waals surface area (Å²) >= 11 is 0. The Kier molecular flexibility index (Phi) is 4.47. The van der Waals surface area contributed by atoms with E-state index in [2.05, 4.69) is 0 Å². The number of benzene rings is 2. The van der Waals surface area contributed by atoms with E-state index >= 15 is 0 Å². The van der Waals surface area contributed by atoms with Gasteiger partial charge in [-0.25, -0.2) is 13.2 Å². The van der Waals surface area contributed by atoms with Crippen molar-refractivity contribution in [2.45, 2.75) is 17.4 Å². The van der Waals surface area contributed by atoms with Crippen molar-refractivity contribution in [2.24, 2.45) is 0 Å². The Labute approximate surface area is 162 Å². The number of nitrogen functional groups attached to an aromatic ring is 1. The molecule has 3 aromatic rings. The fourth-order valence-electron chi connectivity index (χ4n) is 3.75. The number of ether oxygens (including phenoxy) is 1. The van der Waals surface area contributed by atoms with Gasteiger partial charge in [0.05, 0.1) is 6.61 Å². The average Bonchev–Trinajstić information content (AvgIpc) is 3.10. The van der Waals surface area contributed by atoms with E-state index in [0.717, 1.165) is 0 Å². The Morgan fingerprint density at radius 3 is 2.07 bits per heavy atom. The van der Waals surface area contributed by atoms with Gasteiger partial charge in [-0.2, -0.15) is 0 Å². The lowest BCUT2D eigenvalue weighted by atomic mass is 9.98. The molecule has 0 aliphatic carbocycles. The van der Waals surface area contributed by atoms with Crippen LogP contribution < -0.4 is 5.73 Å². The maximum Gasteiger partial charge on any atom is 0.344 e. The second-order valence-electron chi connectivity index (χ2n) is 6.51. The van der Waals surface area contributed by atoms with Crippen LogP contribution in [-0.4, -0.2) is 21.0 Å². The molecule has 0 unspecified atom stereocenters. The molecule has 0 spiro atoms. The first-order valence-electron chi connectivity index (χ1n) is 8.88. The molecule has 2 atom stereocenters. The van der Waals surface area contributed by atoms with Crippen LogP contribution >= 0.6 is 0 Å². The summed E-state index contributed by atoms with van der Waals surface area (Å²) in [4.78, 5) is 12.6. The van der Waals surface area contributed by atoms with E-state index < -0.39 is 26.3 Å². The maximum absolute atomic E-state index is 13.6. The summed E-state index contributed by atoms with van der Waals surface area (Å²) in [7, 11) is -3.79. The van der Waals surface area contributed by atoms with Crippen LogP contribution in [0.1, 0.15) is 50.2 Å². The number of sulfone groups is 1. The van der Waals surface area contributed by atoms with Crippen LogP contribution in [0.15, 0.2) is 65.1 Å². The zero-order valence-electron chi connectivity index (χ0n) is 15.2. The van der Waals surface area contributed by atoms with Gasteiger partial charge in [-0.1, -0.05) is 60.7 Å². The van der Waals surface area contributed by atoms with E-state index in [4.69, 9.17) is 14.9 Å². The van der Waals surface area contributed by atoms with Crippen LogP contribution in [0.3, 0.4) is 0 Å². The van der Waals surface area contributed by atoms with E-state index in [1.165, 1.54) is 0 Å². The SMILES string of the molecule is CCOC(=O)c1c(N)oc2c1[C@@H](c1ccccc1)S(=O)(=O)[C@@H]2c1ccccc1. The van der Waals surface area contributed by atoms with E-state index in [9.17, 15) is 13.2 Å². The Morgan fingerprint density at radius 1 is 1.00 bits per heavy atom. The summed E-state index contributed by atoms with van der Waals surface area (Å²) < 4.78 is 38.0. The highest BCUT2D eigenvalue weighted by Gasteiger charge is 2.52. The fraction of sp³-hybridized carbons (Fsp3) is 0.190. The normalized spacial score (nSPS) is 19.9. The first kappa shape index (κ1) is 18.3. The number of carbonyl (C=O) groups is 1. The van der Waals surface area contributed by atoms with Crippen LogP contribution in [-0.2, 0) is 14.6 Å². The third-order valence-corrected chi connectivity index (χ3v) is 7.15. The largest absolute Gasteiger partial charge is 0.462 e. The second-order valence-corrected chi connectivity index (χ2v) is 8.63. The molecule has 144 valence electrons. The molecule has 7 heteroatoms. The average molecular weight is 397 g/mol. The molecule has 0 saturated heterocycles. The van der Waals surface area contributed by atoms with Gasteiger partial charge >= 0.3 is 5.97 Å². The molecule has 2 heterocycles. The molecule has 0 fully saturated rings. The molecule has 1 aromatic heterocycles. The summed E-state index contributed by atoms with van der Waals surface area (Å²) in [5.74, 6) is -0.629. The molecule has 4 rings (SSSR count). The number of fused-ring (bicyclic) bond motifs is 1. The molecule has 2 aromatic carbocycles. The van der Waals surface area contributed by atoms with Crippen molar-refractivity contribution in [3.63, 3.8) is 0 Å². The highest BCUT2D eigenvalue weighted by atomic mass is 32.2. The number of anilines is 1. The summed E-state index contributed by atoms with van der Waals surface area (Å²) in [6, 6.07) is 17.5. The fourth-order valence-corrected chi connectivity index (χ4v) is 6.13. The van der Waals surface area contributed by atoms with Gasteiger partial charge < -0.3 is 14.9 Å². The number of rotatable bonds is 4. The summed E-state index contributed by atoms with van der Waals surface area (Å²) in [6.07, 6.45) is 0. The molecule has 1 aliphatic rings. The van der Waals surface area contributed by atoms with Gasteiger partial charge in [0.25, 0.3) is 0 Å². The minimum absolute atomic E-state index is 0.00675. The number of hydrogen-bond acceptors (Lipinski definition) is 6. The van der Waals surface area contributed by atoms with Gasteiger partial charge in [0.1, 0.15) is 21.8 Å². The van der Waals surface area contributed by atoms with E-state index in [-0.39, 0.29) is 29.4 Å². The van der Waals surface area contributed by atoms with Crippen molar-refractivity contribution < 1.29 is 22.4 Å². The van der Waals surface area contributed by atoms with Crippen molar-refractivity contribution in [3.8, 4) is 0 Å². The Morgan fingerprint density at radius 2 is 1.54 bits per heavy atom. The number of nitrogens with two attached hydrogens (primary N) is 1. The van der Waals surface area contributed by atoms with Crippen LogP contribution in [0.25, 0.3) is 0 Å². The lowest BCUT2D eigenvalue weighted by Crippen LogP contribution is -2.17. The highest BCUT2D eigenvalue weighted by molar-refractivity contribution is 7.92. The highest BCUT2D eigenvalue weighted by Crippen LogP contribution is 2.54. The Hall–Kier alpha value is -3.06. The zero-order valence-corrected chi connectivity index (χ0v) is 16.0. The lowest BCUT2D eigenvalue weighted by molar-refractivity contribution is 0.0526. The minimum atomic E-state index is -3.79. The van der Waals surface area contributed by atoms with E-state index in [1.807, 2.05) is 0 Å². The summed E-state index contributed by atoms with van der Waals surface area (Å²) in [5, 5.41) is -2.10. The second kappa shape index (κ2) is 6.83. The number of furan rings is 1. The standard InChI is InChI=1S/C21H19NO5S/c1-2-26-21(23)16-15-17(27-20(16)22)19(14-11-7-4-8-12-14)28(24,25)18(15)13-9-5-3-6-10-13/h3-12,18-19H,2,22H2,1H3/t18-,19-/m1/s1. The predicted octanol–water partition coefficient (Wildman–Crippen LogP) is 3.65. The molecule has 2 N–H and O–H groups in total. The van der Waals surface area contributed by atoms with Crippen molar-refractivity contribution in [3.05, 3.63) is 88.7 Å². The van der Waals surface area contributed by atoms with Crippen molar-refractivity contribution >= 4 is 21.7 Å². The Balaban J connectivity index is 2.01. The van der Waals surface area contributed by atoms with Gasteiger partial charge in [0.2, 0.25) is 5.88 Å². The molecule has 0 amide bonds. The molecule has 0 bridgehead atoms. The molecule has 1 aliphatic heterocycles. The summed E-state index contributed by atoms with van der Waals surface area (Å²) in [5.41, 5.74) is 7.37. The van der Waals surface area contributed by atoms with Crippen LogP contribution in [0.2, 0.25) is 0 Å². The van der Waals surface area contributed by atoms with Gasteiger partial charge in [0.15, 0.2) is 9.84 Å². The monoisotopic (exact) mass is 397 g/mol. The molecule has 0 radical (unpaired) electrons. The van der Waals surface area contributed by atoms with Gasteiger partial charge in [-0.05, 0) is 18.1 Å². The maximum atomic E-state index is 13.6. The Bertz CT molecular complexity index is 1120. The first-order chi connectivity index (χ1) is 13.5. The minimum Gasteiger partial charge on any atom is -0.462 e. The van der Waals surface area contributed by atoms with Crippen molar-refractivity contribution in [2.75, 3.05) is 12.3 Å². The summed E-state index contributed by atoms with van der Waals surface area (Å²) in [6.45, 7) is 1.82. The first-order valence-corrected chi connectivity index (χ1v) is 10.5. The van der Waals surface area contributed by atoms with Gasteiger partial charge in [0, 0.05) is 5.56 Å². The third-order valence-electron chi connectivity index (χ3n) is 4.84. The molecule has 28 heavy (non-hydrogen) atoms. The third kappa shape index (κ3) is 2.70. The number of esters is 1. The molecule has 0 saturated carbocycles. The van der Waals surface area contributed by atoms with Crippen molar-refractivity contribution in [1.29, 1.82) is 0 Å². The quantitative estimate of drug-likeness (QED) is 0.675. The smallest absolute Gasteiger partial charge is 0.344 e. The van der Waals surface area contributed by atoms with Crippen LogP contribution in [0.4, 0.5) is 5.88 Å². The van der Waals surface area contributed by atoms with Gasteiger partial charge in [-0.3, -0.25) is 0 Å². The molecular formula is C21H19NO5S. The van der Waals surface area contributed by atoms with E-state index in [1.54, 1.807) is 67.6 Å². The molecular weight excluding hydrogens is 378 g/mol. The van der Waals surface area contributed by atoms with E-state index in [0.29, 0.717) is 11.1 Å². The topological polar surface area (TPSA) is 99.6 Å². The van der Waals surface area contributed by atoms with Gasteiger partial charge in [-0.15, -0.1) is 0 Å². The molecule has 6 nitrogen and oxygen atoms in total.